The van der Waals surface area contributed by atoms with Crippen LogP contribution in [0.15, 0.2) is 35.9 Å². The van der Waals surface area contributed by atoms with Gasteiger partial charge in [-0.3, -0.25) is 4.79 Å². The van der Waals surface area contributed by atoms with Crippen molar-refractivity contribution in [2.24, 2.45) is 5.92 Å². The Kier molecular flexibility index (Phi) is 6.85. The number of amides is 1. The van der Waals surface area contributed by atoms with E-state index in [0.717, 1.165) is 32.5 Å². The molecule has 1 aromatic carbocycles. The van der Waals surface area contributed by atoms with Gasteiger partial charge in [-0.05, 0) is 31.2 Å². The molecule has 3 nitrogen and oxygen atoms in total. The maximum atomic E-state index is 12.1. The van der Waals surface area contributed by atoms with E-state index in [-0.39, 0.29) is 0 Å². The summed E-state index contributed by atoms with van der Waals surface area (Å²) in [6.45, 7) is 9.08. The van der Waals surface area contributed by atoms with E-state index >= 15 is 0 Å². The summed E-state index contributed by atoms with van der Waals surface area (Å²) in [6, 6.07) is 11.0. The van der Waals surface area contributed by atoms with Crippen molar-refractivity contribution < 1.29 is 4.79 Å². The van der Waals surface area contributed by atoms with Crippen LogP contribution in [-0.4, -0.2) is 36.5 Å². The standard InChI is InChI=1S/C20H30N2O/c1-16(2)13-20(23)22-11-9-19(10-12-22)21-15-17(3)14-18-7-5-4-6-8-18/h4-8,14,16,19,21H,9-13,15H2,1-3H3. The Morgan fingerprint density at radius 1 is 1.26 bits per heavy atom. The van der Waals surface area contributed by atoms with Gasteiger partial charge < -0.3 is 10.2 Å². The molecule has 1 amide bonds. The Bertz CT molecular complexity index is 514. The summed E-state index contributed by atoms with van der Waals surface area (Å²) in [7, 11) is 0. The highest BCUT2D eigenvalue weighted by atomic mass is 16.2. The predicted molar refractivity (Wildman–Crippen MR) is 97.2 cm³/mol. The Hall–Kier alpha value is -1.61. The number of hydrogen-bond acceptors (Lipinski definition) is 2. The summed E-state index contributed by atoms with van der Waals surface area (Å²) >= 11 is 0. The van der Waals surface area contributed by atoms with Gasteiger partial charge in [-0.1, -0.05) is 55.8 Å². The quantitative estimate of drug-likeness (QED) is 0.868. The minimum Gasteiger partial charge on any atom is -0.343 e. The molecule has 0 aromatic heterocycles. The van der Waals surface area contributed by atoms with Crippen LogP contribution in [0.4, 0.5) is 0 Å². The maximum absolute atomic E-state index is 12.1. The fourth-order valence-corrected chi connectivity index (χ4v) is 3.00. The van der Waals surface area contributed by atoms with E-state index in [1.807, 2.05) is 11.0 Å². The second-order valence-electron chi connectivity index (χ2n) is 7.04. The van der Waals surface area contributed by atoms with Crippen LogP contribution in [0.5, 0.6) is 0 Å². The second kappa shape index (κ2) is 8.88. The van der Waals surface area contributed by atoms with Gasteiger partial charge in [-0.2, -0.15) is 0 Å². The van der Waals surface area contributed by atoms with Crippen molar-refractivity contribution >= 4 is 12.0 Å². The second-order valence-corrected chi connectivity index (χ2v) is 7.04. The molecular weight excluding hydrogens is 284 g/mol. The molecule has 0 radical (unpaired) electrons. The zero-order chi connectivity index (χ0) is 16.7. The number of hydrogen-bond donors (Lipinski definition) is 1. The highest BCUT2D eigenvalue weighted by Gasteiger charge is 2.22. The molecule has 1 heterocycles. The molecule has 1 N–H and O–H groups in total. The molecule has 23 heavy (non-hydrogen) atoms. The van der Waals surface area contributed by atoms with Crippen LogP contribution in [0.2, 0.25) is 0 Å². The van der Waals surface area contributed by atoms with E-state index in [2.05, 4.69) is 56.4 Å². The molecule has 1 saturated heterocycles. The third-order valence-electron chi connectivity index (χ3n) is 4.31. The first-order valence-corrected chi connectivity index (χ1v) is 8.78. The first kappa shape index (κ1) is 17.7. The van der Waals surface area contributed by atoms with Crippen molar-refractivity contribution in [3.8, 4) is 0 Å². The zero-order valence-electron chi connectivity index (χ0n) is 14.7. The molecule has 3 heteroatoms. The van der Waals surface area contributed by atoms with Crippen LogP contribution in [0.3, 0.4) is 0 Å². The molecule has 0 bridgehead atoms. The average Bonchev–Trinajstić information content (AvgIpc) is 2.54. The van der Waals surface area contributed by atoms with E-state index in [0.29, 0.717) is 24.3 Å². The van der Waals surface area contributed by atoms with Gasteiger partial charge >= 0.3 is 0 Å². The number of nitrogens with one attached hydrogen (secondary N) is 1. The smallest absolute Gasteiger partial charge is 0.222 e. The number of carbonyl (C=O) groups excluding carboxylic acids is 1. The number of rotatable bonds is 6. The number of benzene rings is 1. The minimum atomic E-state index is 0.318. The van der Waals surface area contributed by atoms with Crippen molar-refractivity contribution in [3.05, 3.63) is 41.5 Å². The van der Waals surface area contributed by atoms with E-state index in [1.54, 1.807) is 0 Å². The number of carbonyl (C=O) groups is 1. The molecular formula is C20H30N2O. The Labute approximate surface area is 140 Å². The lowest BCUT2D eigenvalue weighted by molar-refractivity contribution is -0.133. The minimum absolute atomic E-state index is 0.318. The summed E-state index contributed by atoms with van der Waals surface area (Å²) in [5.41, 5.74) is 2.59. The number of nitrogens with zero attached hydrogens (tertiary/aromatic N) is 1. The fourth-order valence-electron chi connectivity index (χ4n) is 3.00. The van der Waals surface area contributed by atoms with E-state index in [1.165, 1.54) is 11.1 Å². The van der Waals surface area contributed by atoms with Gasteiger partial charge in [0.1, 0.15) is 0 Å². The van der Waals surface area contributed by atoms with E-state index in [4.69, 9.17) is 0 Å². The van der Waals surface area contributed by atoms with Crippen LogP contribution >= 0.6 is 0 Å². The summed E-state index contributed by atoms with van der Waals surface area (Å²) in [5.74, 6) is 0.766. The van der Waals surface area contributed by atoms with E-state index in [9.17, 15) is 4.79 Å². The van der Waals surface area contributed by atoms with Crippen LogP contribution in [0.25, 0.3) is 6.08 Å². The van der Waals surface area contributed by atoms with Gasteiger partial charge in [0.15, 0.2) is 0 Å². The average molecular weight is 314 g/mol. The fraction of sp³-hybridized carbons (Fsp3) is 0.550. The van der Waals surface area contributed by atoms with Gasteiger partial charge in [0.05, 0.1) is 0 Å². The van der Waals surface area contributed by atoms with Gasteiger partial charge in [0.2, 0.25) is 5.91 Å². The van der Waals surface area contributed by atoms with Crippen LogP contribution in [0, 0.1) is 5.92 Å². The topological polar surface area (TPSA) is 32.3 Å². The maximum Gasteiger partial charge on any atom is 0.222 e. The van der Waals surface area contributed by atoms with Crippen molar-refractivity contribution in [2.45, 2.75) is 46.1 Å². The number of piperidine rings is 1. The van der Waals surface area contributed by atoms with Crippen LogP contribution < -0.4 is 5.32 Å². The third-order valence-corrected chi connectivity index (χ3v) is 4.31. The van der Waals surface area contributed by atoms with Crippen molar-refractivity contribution in [3.63, 3.8) is 0 Å². The Morgan fingerprint density at radius 3 is 2.52 bits per heavy atom. The molecule has 126 valence electrons. The SMILES string of the molecule is CC(=Cc1ccccc1)CNC1CCN(C(=O)CC(C)C)CC1. The van der Waals surface area contributed by atoms with Gasteiger partial charge in [-0.15, -0.1) is 0 Å². The summed E-state index contributed by atoms with van der Waals surface area (Å²) < 4.78 is 0. The highest BCUT2D eigenvalue weighted by Crippen LogP contribution is 2.14. The summed E-state index contributed by atoms with van der Waals surface area (Å²) in [6.07, 6.45) is 5.02. The molecule has 1 aromatic rings. The van der Waals surface area contributed by atoms with Crippen molar-refractivity contribution in [1.29, 1.82) is 0 Å². The molecule has 0 spiro atoms. The lowest BCUT2D eigenvalue weighted by Gasteiger charge is -2.33. The van der Waals surface area contributed by atoms with E-state index < -0.39 is 0 Å². The van der Waals surface area contributed by atoms with Crippen LogP contribution in [0.1, 0.15) is 45.6 Å². The summed E-state index contributed by atoms with van der Waals surface area (Å²) in [5, 5.41) is 3.64. The van der Waals surface area contributed by atoms with Gasteiger partial charge in [0, 0.05) is 32.1 Å². The first-order chi connectivity index (χ1) is 11.0. The predicted octanol–water partition coefficient (Wildman–Crippen LogP) is 3.72. The molecule has 0 aliphatic carbocycles. The van der Waals surface area contributed by atoms with Crippen molar-refractivity contribution in [1.82, 2.24) is 10.2 Å². The lowest BCUT2D eigenvalue weighted by atomic mass is 10.0. The molecule has 1 fully saturated rings. The summed E-state index contributed by atoms with van der Waals surface area (Å²) in [4.78, 5) is 14.1. The zero-order valence-corrected chi connectivity index (χ0v) is 14.7. The molecule has 0 saturated carbocycles. The molecule has 0 unspecified atom stereocenters. The molecule has 2 rings (SSSR count). The molecule has 1 aliphatic rings. The van der Waals surface area contributed by atoms with Gasteiger partial charge in [-0.25, -0.2) is 0 Å². The van der Waals surface area contributed by atoms with Crippen LogP contribution in [-0.2, 0) is 4.79 Å². The molecule has 0 atom stereocenters. The van der Waals surface area contributed by atoms with Crippen molar-refractivity contribution in [2.75, 3.05) is 19.6 Å². The van der Waals surface area contributed by atoms with Gasteiger partial charge in [0.25, 0.3) is 0 Å². The normalized spacial score (nSPS) is 16.9. The third kappa shape index (κ3) is 6.19. The highest BCUT2D eigenvalue weighted by molar-refractivity contribution is 5.76. The number of likely N-dealkylation sites (tertiary alicyclic amines) is 1. The lowest BCUT2D eigenvalue weighted by Crippen LogP contribution is -2.45. The largest absolute Gasteiger partial charge is 0.343 e. The molecule has 1 aliphatic heterocycles. The Morgan fingerprint density at radius 2 is 1.91 bits per heavy atom. The first-order valence-electron chi connectivity index (χ1n) is 8.78. The Balaban J connectivity index is 1.72. The monoisotopic (exact) mass is 314 g/mol.